The molecule has 0 saturated carbocycles. The van der Waals surface area contributed by atoms with Gasteiger partial charge in [0.25, 0.3) is 0 Å². The van der Waals surface area contributed by atoms with Crippen LogP contribution in [0, 0.1) is 6.92 Å². The summed E-state index contributed by atoms with van der Waals surface area (Å²) in [5, 5.41) is 9.76. The van der Waals surface area contributed by atoms with Crippen molar-refractivity contribution in [1.82, 2.24) is 4.90 Å². The first-order chi connectivity index (χ1) is 9.10. The smallest absolute Gasteiger partial charge is 0.231 e. The van der Waals surface area contributed by atoms with E-state index in [0.29, 0.717) is 26.3 Å². The predicted octanol–water partition coefficient (Wildman–Crippen LogP) is 0.865. The molecule has 2 rings (SSSR count). The van der Waals surface area contributed by atoms with Crippen LogP contribution in [0.1, 0.15) is 17.5 Å². The second kappa shape index (κ2) is 6.23. The van der Waals surface area contributed by atoms with Gasteiger partial charge in [0, 0.05) is 13.1 Å². The molecule has 0 aliphatic carbocycles. The molecule has 5 heteroatoms. The molecule has 0 amide bonds. The molecule has 1 aliphatic heterocycles. The van der Waals surface area contributed by atoms with Crippen molar-refractivity contribution < 1.29 is 14.6 Å². The second-order valence-electron chi connectivity index (χ2n) is 5.06. The molecule has 1 aromatic rings. The average molecular weight is 266 g/mol. The van der Waals surface area contributed by atoms with Gasteiger partial charge in [-0.1, -0.05) is 0 Å². The van der Waals surface area contributed by atoms with Crippen LogP contribution in [0.25, 0.3) is 0 Å². The van der Waals surface area contributed by atoms with Crippen LogP contribution >= 0.6 is 0 Å². The number of nitrogens with two attached hydrogens (primary N) is 1. The van der Waals surface area contributed by atoms with Crippen molar-refractivity contribution in [3.63, 3.8) is 0 Å². The molecular formula is C14H22N2O3. The number of aryl methyl sites for hydroxylation is 1. The highest BCUT2D eigenvalue weighted by molar-refractivity contribution is 5.48. The Kier molecular flexibility index (Phi) is 4.63. The maximum absolute atomic E-state index is 9.76. The van der Waals surface area contributed by atoms with Crippen LogP contribution < -0.4 is 15.2 Å². The zero-order valence-corrected chi connectivity index (χ0v) is 11.6. The lowest BCUT2D eigenvalue weighted by molar-refractivity contribution is 0.117. The van der Waals surface area contributed by atoms with Crippen molar-refractivity contribution in [1.29, 1.82) is 0 Å². The number of ether oxygens (including phenoxy) is 2. The summed E-state index contributed by atoms with van der Waals surface area (Å²) in [6.45, 7) is 4.25. The number of likely N-dealkylation sites (N-methyl/N-ethyl adjacent to an activating group) is 1. The van der Waals surface area contributed by atoms with E-state index in [1.54, 1.807) is 0 Å². The van der Waals surface area contributed by atoms with E-state index in [4.69, 9.17) is 15.2 Å². The van der Waals surface area contributed by atoms with Crippen LogP contribution in [0.4, 0.5) is 0 Å². The maximum atomic E-state index is 9.76. The lowest BCUT2D eigenvalue weighted by Gasteiger charge is -2.21. The third kappa shape index (κ3) is 3.59. The minimum absolute atomic E-state index is 0.295. The number of fused-ring (bicyclic) bond motifs is 1. The lowest BCUT2D eigenvalue weighted by Crippen LogP contribution is -2.30. The number of benzene rings is 1. The molecule has 5 nitrogen and oxygen atoms in total. The third-order valence-electron chi connectivity index (χ3n) is 3.29. The van der Waals surface area contributed by atoms with Crippen molar-refractivity contribution in [2.75, 3.05) is 26.9 Å². The van der Waals surface area contributed by atoms with Crippen molar-refractivity contribution in [3.05, 3.63) is 23.3 Å². The van der Waals surface area contributed by atoms with Gasteiger partial charge in [-0.05, 0) is 50.2 Å². The van der Waals surface area contributed by atoms with Gasteiger partial charge in [0.05, 0.1) is 6.10 Å². The summed E-state index contributed by atoms with van der Waals surface area (Å²) in [6.07, 6.45) is 0.258. The highest BCUT2D eigenvalue weighted by Crippen LogP contribution is 2.34. The molecule has 1 heterocycles. The Labute approximate surface area is 113 Å². The predicted molar refractivity (Wildman–Crippen MR) is 73.3 cm³/mol. The summed E-state index contributed by atoms with van der Waals surface area (Å²) in [7, 11) is 1.99. The molecule has 1 aliphatic rings. The number of rotatable bonds is 6. The molecule has 0 spiro atoms. The van der Waals surface area contributed by atoms with Gasteiger partial charge < -0.3 is 20.3 Å². The van der Waals surface area contributed by atoms with E-state index < -0.39 is 0 Å². The first-order valence-corrected chi connectivity index (χ1v) is 6.56. The van der Waals surface area contributed by atoms with Gasteiger partial charge >= 0.3 is 0 Å². The standard InChI is InChI=1S/C14H22N2O3/c1-10-5-13-14(19-9-18-13)6-11(10)7-16(2)8-12(17)3-4-15/h5-6,12,17H,3-4,7-9,15H2,1-2H3. The summed E-state index contributed by atoms with van der Waals surface area (Å²) in [5.41, 5.74) is 7.79. The van der Waals surface area contributed by atoms with Gasteiger partial charge in [-0.2, -0.15) is 0 Å². The molecule has 0 fully saturated rings. The summed E-state index contributed by atoms with van der Waals surface area (Å²) in [4.78, 5) is 2.09. The molecule has 106 valence electrons. The monoisotopic (exact) mass is 266 g/mol. The van der Waals surface area contributed by atoms with Crippen LogP contribution in [0.2, 0.25) is 0 Å². The van der Waals surface area contributed by atoms with E-state index in [1.165, 1.54) is 11.1 Å². The number of hydrogen-bond acceptors (Lipinski definition) is 5. The molecule has 1 unspecified atom stereocenters. The highest BCUT2D eigenvalue weighted by Gasteiger charge is 2.16. The first-order valence-electron chi connectivity index (χ1n) is 6.56. The van der Waals surface area contributed by atoms with Crippen LogP contribution in [0.5, 0.6) is 11.5 Å². The van der Waals surface area contributed by atoms with E-state index in [9.17, 15) is 5.11 Å². The van der Waals surface area contributed by atoms with E-state index in [1.807, 2.05) is 19.2 Å². The van der Waals surface area contributed by atoms with Gasteiger partial charge in [0.15, 0.2) is 11.5 Å². The SMILES string of the molecule is Cc1cc2c(cc1CN(C)CC(O)CCN)OCO2. The quantitative estimate of drug-likeness (QED) is 0.799. The molecule has 3 N–H and O–H groups in total. The normalized spacial score (nSPS) is 15.0. The van der Waals surface area contributed by atoms with Crippen molar-refractivity contribution in [2.45, 2.75) is 26.0 Å². The maximum Gasteiger partial charge on any atom is 0.231 e. The fourth-order valence-electron chi connectivity index (χ4n) is 2.25. The van der Waals surface area contributed by atoms with Crippen molar-refractivity contribution in [2.24, 2.45) is 5.73 Å². The Balaban J connectivity index is 1.99. The molecule has 0 bridgehead atoms. The van der Waals surface area contributed by atoms with E-state index in [-0.39, 0.29) is 6.10 Å². The molecule has 1 atom stereocenters. The Hall–Kier alpha value is -1.30. The molecule has 19 heavy (non-hydrogen) atoms. The van der Waals surface area contributed by atoms with Crippen LogP contribution in [0.15, 0.2) is 12.1 Å². The Morgan fingerprint density at radius 1 is 1.37 bits per heavy atom. The second-order valence-corrected chi connectivity index (χ2v) is 5.06. The Morgan fingerprint density at radius 3 is 2.74 bits per heavy atom. The topological polar surface area (TPSA) is 68.0 Å². The summed E-state index contributed by atoms with van der Waals surface area (Å²) in [6, 6.07) is 4.02. The Bertz CT molecular complexity index is 437. The van der Waals surface area contributed by atoms with E-state index in [2.05, 4.69) is 11.8 Å². The van der Waals surface area contributed by atoms with E-state index in [0.717, 1.165) is 18.0 Å². The molecule has 0 aromatic heterocycles. The number of nitrogens with zero attached hydrogens (tertiary/aromatic N) is 1. The fourth-order valence-corrected chi connectivity index (χ4v) is 2.25. The summed E-state index contributed by atoms with van der Waals surface area (Å²) in [5.74, 6) is 1.61. The highest BCUT2D eigenvalue weighted by atomic mass is 16.7. The summed E-state index contributed by atoms with van der Waals surface area (Å²) >= 11 is 0. The fraction of sp³-hybridized carbons (Fsp3) is 0.571. The molecule has 0 saturated heterocycles. The minimum Gasteiger partial charge on any atom is -0.454 e. The van der Waals surface area contributed by atoms with Crippen molar-refractivity contribution in [3.8, 4) is 11.5 Å². The van der Waals surface area contributed by atoms with E-state index >= 15 is 0 Å². The van der Waals surface area contributed by atoms with Crippen LogP contribution in [-0.4, -0.2) is 43.0 Å². The minimum atomic E-state index is -0.371. The van der Waals surface area contributed by atoms with Gasteiger partial charge in [-0.3, -0.25) is 4.90 Å². The molecular weight excluding hydrogens is 244 g/mol. The zero-order chi connectivity index (χ0) is 13.8. The van der Waals surface area contributed by atoms with Gasteiger partial charge in [0.2, 0.25) is 6.79 Å². The summed E-state index contributed by atoms with van der Waals surface area (Å²) < 4.78 is 10.7. The number of aliphatic hydroxyl groups excluding tert-OH is 1. The van der Waals surface area contributed by atoms with Crippen molar-refractivity contribution >= 4 is 0 Å². The largest absolute Gasteiger partial charge is 0.454 e. The Morgan fingerprint density at radius 2 is 2.05 bits per heavy atom. The van der Waals surface area contributed by atoms with Gasteiger partial charge in [-0.25, -0.2) is 0 Å². The van der Waals surface area contributed by atoms with Gasteiger partial charge in [-0.15, -0.1) is 0 Å². The zero-order valence-electron chi connectivity index (χ0n) is 11.6. The lowest BCUT2D eigenvalue weighted by atomic mass is 10.1. The first kappa shape index (κ1) is 14.1. The third-order valence-corrected chi connectivity index (χ3v) is 3.29. The van der Waals surface area contributed by atoms with Crippen LogP contribution in [-0.2, 0) is 6.54 Å². The molecule has 1 aromatic carbocycles. The van der Waals surface area contributed by atoms with Gasteiger partial charge in [0.1, 0.15) is 0 Å². The number of aliphatic hydroxyl groups is 1. The molecule has 0 radical (unpaired) electrons. The number of hydrogen-bond donors (Lipinski definition) is 2. The average Bonchev–Trinajstić information content (AvgIpc) is 2.76. The van der Waals surface area contributed by atoms with Crippen LogP contribution in [0.3, 0.4) is 0 Å².